The van der Waals surface area contributed by atoms with Gasteiger partial charge in [-0.05, 0) is 148 Å². The van der Waals surface area contributed by atoms with Gasteiger partial charge in [0, 0.05) is 34.1 Å². The van der Waals surface area contributed by atoms with Crippen molar-refractivity contribution in [1.82, 2.24) is 0 Å². The Hall–Kier alpha value is -6.98. The molecule has 4 nitrogen and oxygen atoms in total. The van der Waals surface area contributed by atoms with E-state index < -0.39 is 0 Å². The molecule has 0 radical (unpaired) electrons. The summed E-state index contributed by atoms with van der Waals surface area (Å²) >= 11 is 0. The van der Waals surface area contributed by atoms with E-state index in [1.807, 2.05) is 0 Å². The van der Waals surface area contributed by atoms with Crippen LogP contribution in [0.15, 0.2) is 182 Å². The van der Waals surface area contributed by atoms with E-state index in [9.17, 15) is 0 Å². The van der Waals surface area contributed by atoms with Gasteiger partial charge in [-0.1, -0.05) is 158 Å². The third-order valence-corrected chi connectivity index (χ3v) is 15.0. The van der Waals surface area contributed by atoms with E-state index >= 15 is 0 Å². The lowest BCUT2D eigenvalue weighted by Gasteiger charge is -2.47. The first-order valence-corrected chi connectivity index (χ1v) is 24.6. The van der Waals surface area contributed by atoms with Crippen molar-refractivity contribution in [2.24, 2.45) is 0 Å². The molecule has 8 aromatic carbocycles. The van der Waals surface area contributed by atoms with Crippen molar-refractivity contribution in [3.05, 3.63) is 199 Å². The van der Waals surface area contributed by atoms with E-state index in [0.29, 0.717) is 5.92 Å². The highest BCUT2D eigenvalue weighted by molar-refractivity contribution is 7.00. The average Bonchev–Trinajstić information content (AvgIpc) is 3.35. The van der Waals surface area contributed by atoms with Crippen molar-refractivity contribution in [3.8, 4) is 0 Å². The Balaban J connectivity index is 1.20. The van der Waals surface area contributed by atoms with Crippen LogP contribution >= 0.6 is 0 Å². The van der Waals surface area contributed by atoms with E-state index in [1.165, 1.54) is 122 Å². The molecule has 3 heterocycles. The van der Waals surface area contributed by atoms with Crippen LogP contribution in [0.25, 0.3) is 0 Å². The summed E-state index contributed by atoms with van der Waals surface area (Å²) in [7, 11) is 0. The summed E-state index contributed by atoms with van der Waals surface area (Å²) in [6.07, 6.45) is 6.44. The summed E-state index contributed by atoms with van der Waals surface area (Å²) in [5, 5.41) is 0. The lowest BCUT2D eigenvalue weighted by Crippen LogP contribution is -2.62. The van der Waals surface area contributed by atoms with Crippen LogP contribution in [0.2, 0.25) is 0 Å². The third kappa shape index (κ3) is 6.80. The standard InChI is InChI=1S/C62H59BN4/c1-61(2,3)44-35-37-51-49(39-44)63-50-40-45(62(4,5)6)41-58(60(50)66(48-28-17-10-18-29-48)56-33-21-32-55(59(56)63)64(51)46-24-13-8-14-25-46)67-53-31-20-19-30-52(53)65(47-26-15-9-16-27-47)57-38-43(34-36-54(57)67)42-22-11-7-12-23-42/h8-10,13-21,24-42H,7,11-12,22-23H2,1-6H3. The van der Waals surface area contributed by atoms with Crippen molar-refractivity contribution < 1.29 is 0 Å². The number of para-hydroxylation sites is 5. The van der Waals surface area contributed by atoms with Gasteiger partial charge in [0.2, 0.25) is 0 Å². The topological polar surface area (TPSA) is 13.0 Å². The first kappa shape index (κ1) is 41.5. The average molecular weight is 871 g/mol. The quantitative estimate of drug-likeness (QED) is 0.160. The largest absolute Gasteiger partial charge is 0.311 e. The maximum absolute atomic E-state index is 2.62. The molecule has 4 aliphatic rings. The number of rotatable bonds is 5. The first-order chi connectivity index (χ1) is 32.5. The lowest BCUT2D eigenvalue weighted by molar-refractivity contribution is 0.443. The maximum Gasteiger partial charge on any atom is 0.252 e. The van der Waals surface area contributed by atoms with E-state index in [-0.39, 0.29) is 17.5 Å². The van der Waals surface area contributed by atoms with E-state index in [2.05, 4.69) is 243 Å². The molecule has 0 bridgehead atoms. The Morgan fingerprint density at radius 1 is 0.373 bits per heavy atom. The van der Waals surface area contributed by atoms with E-state index in [0.717, 1.165) is 11.4 Å². The van der Waals surface area contributed by atoms with Gasteiger partial charge in [0.05, 0.1) is 34.1 Å². The highest BCUT2D eigenvalue weighted by Crippen LogP contribution is 2.58. The van der Waals surface area contributed by atoms with Crippen LogP contribution in [-0.2, 0) is 10.8 Å². The number of benzene rings is 8. The second kappa shape index (κ2) is 15.8. The van der Waals surface area contributed by atoms with Crippen LogP contribution in [0, 0.1) is 0 Å². The Bertz CT molecular complexity index is 3160. The Morgan fingerprint density at radius 2 is 0.866 bits per heavy atom. The minimum absolute atomic E-state index is 0.0338. The molecule has 1 fully saturated rings. The molecule has 3 aliphatic heterocycles. The zero-order valence-corrected chi connectivity index (χ0v) is 39.8. The zero-order valence-electron chi connectivity index (χ0n) is 39.8. The molecule has 12 rings (SSSR count). The number of nitrogens with zero attached hydrogens (tertiary/aromatic N) is 4. The highest BCUT2D eigenvalue weighted by Gasteiger charge is 2.46. The number of hydrogen-bond acceptors (Lipinski definition) is 4. The van der Waals surface area contributed by atoms with Crippen LogP contribution in [0.5, 0.6) is 0 Å². The SMILES string of the molecule is CC(C)(C)c1ccc2c(c1)B1c3cc(C(C)(C)C)cc(N4c5ccccc5N(c5ccccc5)c5cc(C6CCCCC6)ccc54)c3N(c3ccccc3)c3cccc(c31)N2c1ccccc1. The summed E-state index contributed by atoms with van der Waals surface area (Å²) in [4.78, 5) is 10.3. The molecule has 0 saturated heterocycles. The molecule has 0 aromatic heterocycles. The number of fused-ring (bicyclic) bond motifs is 6. The van der Waals surface area contributed by atoms with Gasteiger partial charge in [0.1, 0.15) is 0 Å². The van der Waals surface area contributed by atoms with Crippen molar-refractivity contribution in [1.29, 1.82) is 0 Å². The van der Waals surface area contributed by atoms with Crippen LogP contribution in [0.4, 0.5) is 68.2 Å². The smallest absolute Gasteiger partial charge is 0.252 e. The summed E-state index contributed by atoms with van der Waals surface area (Å²) in [5.74, 6) is 0.568. The lowest BCUT2D eigenvalue weighted by atomic mass is 9.33. The van der Waals surface area contributed by atoms with Crippen LogP contribution in [0.1, 0.15) is 96.3 Å². The van der Waals surface area contributed by atoms with Crippen molar-refractivity contribution in [2.75, 3.05) is 19.6 Å². The first-order valence-electron chi connectivity index (χ1n) is 24.6. The molecule has 5 heteroatoms. The maximum atomic E-state index is 2.62. The van der Waals surface area contributed by atoms with Gasteiger partial charge >= 0.3 is 0 Å². The molecule has 8 aromatic rings. The van der Waals surface area contributed by atoms with Gasteiger partial charge in [-0.25, -0.2) is 0 Å². The van der Waals surface area contributed by atoms with Gasteiger partial charge in [-0.3, -0.25) is 0 Å². The highest BCUT2D eigenvalue weighted by atomic mass is 15.3. The second-order valence-electron chi connectivity index (χ2n) is 21.3. The van der Waals surface area contributed by atoms with Crippen molar-refractivity contribution in [3.63, 3.8) is 0 Å². The van der Waals surface area contributed by atoms with Gasteiger partial charge in [-0.15, -0.1) is 0 Å². The van der Waals surface area contributed by atoms with Crippen molar-refractivity contribution >= 4 is 91.3 Å². The molecule has 67 heavy (non-hydrogen) atoms. The predicted molar refractivity (Wildman–Crippen MR) is 287 cm³/mol. The van der Waals surface area contributed by atoms with Gasteiger partial charge in [-0.2, -0.15) is 0 Å². The summed E-state index contributed by atoms with van der Waals surface area (Å²) in [5.41, 5.74) is 22.2. The third-order valence-electron chi connectivity index (χ3n) is 15.0. The van der Waals surface area contributed by atoms with Gasteiger partial charge < -0.3 is 19.6 Å². The minimum Gasteiger partial charge on any atom is -0.311 e. The molecular weight excluding hydrogens is 812 g/mol. The fourth-order valence-corrected chi connectivity index (χ4v) is 11.6. The predicted octanol–water partition coefficient (Wildman–Crippen LogP) is 15.7. The summed E-state index contributed by atoms with van der Waals surface area (Å²) in [6, 6.07) is 69.0. The summed E-state index contributed by atoms with van der Waals surface area (Å²) in [6.45, 7) is 14.1. The molecule has 0 unspecified atom stereocenters. The zero-order chi connectivity index (χ0) is 45.6. The van der Waals surface area contributed by atoms with Gasteiger partial charge in [0.15, 0.2) is 0 Å². The van der Waals surface area contributed by atoms with Crippen LogP contribution in [-0.4, -0.2) is 6.71 Å². The Labute approximate surface area is 398 Å². The Morgan fingerprint density at radius 3 is 1.48 bits per heavy atom. The fraction of sp³-hybridized carbons (Fsp3) is 0.226. The Kier molecular flexibility index (Phi) is 9.80. The normalized spacial score (nSPS) is 15.4. The molecule has 1 aliphatic carbocycles. The molecule has 0 N–H and O–H groups in total. The second-order valence-corrected chi connectivity index (χ2v) is 21.3. The molecule has 1 saturated carbocycles. The monoisotopic (exact) mass is 870 g/mol. The number of anilines is 12. The van der Waals surface area contributed by atoms with Crippen LogP contribution in [0.3, 0.4) is 0 Å². The van der Waals surface area contributed by atoms with E-state index in [1.54, 1.807) is 0 Å². The van der Waals surface area contributed by atoms with Gasteiger partial charge in [0.25, 0.3) is 6.71 Å². The van der Waals surface area contributed by atoms with Crippen molar-refractivity contribution in [2.45, 2.75) is 90.4 Å². The molecule has 330 valence electrons. The molecule has 0 amide bonds. The number of hydrogen-bond donors (Lipinski definition) is 0. The minimum atomic E-state index is -0.152. The molecule has 0 spiro atoms. The molecule has 0 atom stereocenters. The van der Waals surface area contributed by atoms with Crippen LogP contribution < -0.4 is 36.0 Å². The molecular formula is C62H59BN4. The fourth-order valence-electron chi connectivity index (χ4n) is 11.6. The summed E-state index contributed by atoms with van der Waals surface area (Å²) < 4.78 is 0. The van der Waals surface area contributed by atoms with E-state index in [4.69, 9.17) is 0 Å².